The number of phenols is 1. The number of nitrogens with one attached hydrogen (secondary N) is 1. The normalized spacial score (nSPS) is 15.1. The van der Waals surface area contributed by atoms with E-state index in [1.807, 2.05) is 49.1 Å². The average molecular weight is 440 g/mol. The quantitative estimate of drug-likeness (QED) is 0.630. The van der Waals surface area contributed by atoms with Crippen LogP contribution in [0.5, 0.6) is 5.75 Å². The number of rotatable bonds is 5. The summed E-state index contributed by atoms with van der Waals surface area (Å²) in [6.45, 7) is 5.60. The Bertz CT molecular complexity index is 1160. The molecule has 0 radical (unpaired) electrons. The van der Waals surface area contributed by atoms with Crippen LogP contribution in [0.4, 0.5) is 17.5 Å². The van der Waals surface area contributed by atoms with Crippen molar-refractivity contribution in [1.82, 2.24) is 14.3 Å². The van der Waals surface area contributed by atoms with Crippen molar-refractivity contribution in [2.45, 2.75) is 18.7 Å². The highest BCUT2D eigenvalue weighted by molar-refractivity contribution is 7.89. The summed E-state index contributed by atoms with van der Waals surface area (Å²) < 4.78 is 27.2. The van der Waals surface area contributed by atoms with Gasteiger partial charge in [-0.25, -0.2) is 13.4 Å². The van der Waals surface area contributed by atoms with Crippen molar-refractivity contribution in [1.29, 1.82) is 0 Å². The maximum Gasteiger partial charge on any atom is 0.243 e. The topological polar surface area (TPSA) is 98.7 Å². The molecule has 0 unspecified atom stereocenters. The van der Waals surface area contributed by atoms with Crippen LogP contribution in [0.2, 0.25) is 0 Å². The number of anilines is 3. The van der Waals surface area contributed by atoms with Gasteiger partial charge < -0.3 is 15.3 Å². The summed E-state index contributed by atoms with van der Waals surface area (Å²) in [6.07, 6.45) is 0. The molecular weight excluding hydrogens is 414 g/mol. The molecule has 1 aromatic heterocycles. The minimum Gasteiger partial charge on any atom is -0.508 e. The highest BCUT2D eigenvalue weighted by atomic mass is 32.2. The van der Waals surface area contributed by atoms with Crippen LogP contribution in [0.3, 0.4) is 0 Å². The lowest BCUT2D eigenvalue weighted by atomic mass is 10.2. The highest BCUT2D eigenvalue weighted by Crippen LogP contribution is 2.23. The lowest BCUT2D eigenvalue weighted by molar-refractivity contribution is 0.382. The van der Waals surface area contributed by atoms with Gasteiger partial charge in [-0.3, -0.25) is 0 Å². The number of benzene rings is 2. The van der Waals surface area contributed by atoms with Crippen molar-refractivity contribution in [2.75, 3.05) is 36.4 Å². The number of nitrogens with zero attached hydrogens (tertiary/aromatic N) is 4. The molecule has 162 valence electrons. The number of aromatic nitrogens is 2. The Labute approximate surface area is 182 Å². The minimum atomic E-state index is -3.60. The third-order valence-corrected chi connectivity index (χ3v) is 7.08. The van der Waals surface area contributed by atoms with Gasteiger partial charge in [0.2, 0.25) is 16.0 Å². The van der Waals surface area contributed by atoms with E-state index in [1.165, 1.54) is 34.1 Å². The van der Waals surface area contributed by atoms with E-state index in [1.54, 1.807) is 0 Å². The molecule has 0 bridgehead atoms. The maximum absolute atomic E-state index is 12.9. The molecule has 0 atom stereocenters. The van der Waals surface area contributed by atoms with E-state index >= 15 is 0 Å². The first-order chi connectivity index (χ1) is 14.8. The van der Waals surface area contributed by atoms with E-state index in [9.17, 15) is 13.5 Å². The largest absolute Gasteiger partial charge is 0.508 e. The van der Waals surface area contributed by atoms with Crippen molar-refractivity contribution >= 4 is 27.5 Å². The molecule has 0 spiro atoms. The number of phenolic OH excluding ortho intramolecular Hbond substituents is 1. The summed E-state index contributed by atoms with van der Waals surface area (Å²) >= 11 is 0. The summed E-state index contributed by atoms with van der Waals surface area (Å²) in [5, 5.41) is 12.7. The molecule has 1 aliphatic rings. The smallest absolute Gasteiger partial charge is 0.243 e. The molecule has 3 aromatic rings. The molecule has 9 heteroatoms. The Morgan fingerprint density at radius 3 is 2.19 bits per heavy atom. The Morgan fingerprint density at radius 1 is 0.903 bits per heavy atom. The third-order valence-electron chi connectivity index (χ3n) is 5.16. The van der Waals surface area contributed by atoms with Crippen LogP contribution in [0.15, 0.2) is 59.5 Å². The molecule has 4 rings (SSSR count). The van der Waals surface area contributed by atoms with Crippen LogP contribution in [0.25, 0.3) is 0 Å². The molecule has 1 aliphatic heterocycles. The van der Waals surface area contributed by atoms with Gasteiger partial charge >= 0.3 is 0 Å². The molecule has 31 heavy (non-hydrogen) atoms. The maximum atomic E-state index is 12.9. The van der Waals surface area contributed by atoms with E-state index in [0.717, 1.165) is 11.4 Å². The summed E-state index contributed by atoms with van der Waals surface area (Å²) in [7, 11) is -3.60. The molecule has 2 N–H and O–H groups in total. The van der Waals surface area contributed by atoms with Gasteiger partial charge in [0.05, 0.1) is 4.90 Å². The van der Waals surface area contributed by atoms with Crippen molar-refractivity contribution < 1.29 is 13.5 Å². The van der Waals surface area contributed by atoms with Crippen molar-refractivity contribution in [2.24, 2.45) is 0 Å². The van der Waals surface area contributed by atoms with Crippen LogP contribution in [-0.2, 0) is 10.0 Å². The van der Waals surface area contributed by atoms with Crippen LogP contribution >= 0.6 is 0 Å². The van der Waals surface area contributed by atoms with Crippen molar-refractivity contribution in [3.63, 3.8) is 0 Å². The van der Waals surface area contributed by atoms with E-state index in [4.69, 9.17) is 0 Å². The van der Waals surface area contributed by atoms with Crippen LogP contribution in [0, 0.1) is 13.8 Å². The van der Waals surface area contributed by atoms with Gasteiger partial charge in [-0.2, -0.15) is 9.29 Å². The number of piperazine rings is 1. The van der Waals surface area contributed by atoms with Gasteiger partial charge in [0.25, 0.3) is 0 Å². The monoisotopic (exact) mass is 439 g/mol. The van der Waals surface area contributed by atoms with Crippen LogP contribution < -0.4 is 10.2 Å². The molecule has 1 saturated heterocycles. The Hall–Kier alpha value is -3.17. The van der Waals surface area contributed by atoms with Crippen molar-refractivity contribution in [3.05, 3.63) is 65.9 Å². The predicted octanol–water partition coefficient (Wildman–Crippen LogP) is 3.05. The van der Waals surface area contributed by atoms with Crippen LogP contribution in [0.1, 0.15) is 11.3 Å². The fourth-order valence-electron chi connectivity index (χ4n) is 3.44. The molecular formula is C22H25N5O3S. The zero-order valence-corrected chi connectivity index (χ0v) is 18.3. The molecule has 2 aromatic carbocycles. The molecule has 0 saturated carbocycles. The van der Waals surface area contributed by atoms with E-state index in [2.05, 4.69) is 15.3 Å². The molecule has 8 nitrogen and oxygen atoms in total. The lowest BCUT2D eigenvalue weighted by Crippen LogP contribution is -2.49. The number of sulfonamides is 1. The molecule has 0 amide bonds. The first-order valence-corrected chi connectivity index (χ1v) is 11.5. The van der Waals surface area contributed by atoms with Crippen molar-refractivity contribution in [3.8, 4) is 5.75 Å². The fourth-order valence-corrected chi connectivity index (χ4v) is 4.86. The van der Waals surface area contributed by atoms with Gasteiger partial charge in [-0.15, -0.1) is 0 Å². The number of aryl methyl sites for hydroxylation is 2. The van der Waals surface area contributed by atoms with E-state index < -0.39 is 10.0 Å². The Balaban J connectivity index is 1.46. The van der Waals surface area contributed by atoms with E-state index in [-0.39, 0.29) is 10.6 Å². The predicted molar refractivity (Wildman–Crippen MR) is 120 cm³/mol. The third kappa shape index (κ3) is 4.78. The van der Waals surface area contributed by atoms with E-state index in [0.29, 0.717) is 37.9 Å². The average Bonchev–Trinajstić information content (AvgIpc) is 2.75. The fraction of sp³-hybridized carbons (Fsp3) is 0.273. The summed E-state index contributed by atoms with van der Waals surface area (Å²) in [6, 6.07) is 15.6. The SMILES string of the molecule is Cc1ccc(Nc2cc(C)nc(N3CCN(S(=O)(=O)c4ccc(O)cc4)CC3)n2)cc1. The second-order valence-electron chi connectivity index (χ2n) is 7.57. The Morgan fingerprint density at radius 2 is 1.55 bits per heavy atom. The summed E-state index contributed by atoms with van der Waals surface area (Å²) in [5.74, 6) is 1.32. The standard InChI is InChI=1S/C22H25N5O3S/c1-16-3-5-18(6-4-16)24-21-15-17(2)23-22(25-21)26-11-13-27(14-12-26)31(29,30)20-9-7-19(28)8-10-20/h3-10,15,28H,11-14H2,1-2H3,(H,23,24,25). The lowest BCUT2D eigenvalue weighted by Gasteiger charge is -2.34. The van der Waals surface area contributed by atoms with Gasteiger partial charge in [0, 0.05) is 43.6 Å². The first kappa shape index (κ1) is 21.1. The van der Waals surface area contributed by atoms with Gasteiger partial charge in [-0.1, -0.05) is 17.7 Å². The highest BCUT2D eigenvalue weighted by Gasteiger charge is 2.29. The molecule has 0 aliphatic carbocycles. The van der Waals surface area contributed by atoms with Gasteiger partial charge in [0.15, 0.2) is 0 Å². The van der Waals surface area contributed by atoms with Gasteiger partial charge in [-0.05, 0) is 50.2 Å². The van der Waals surface area contributed by atoms with Gasteiger partial charge in [0.1, 0.15) is 11.6 Å². The zero-order chi connectivity index (χ0) is 22.0. The number of hydrogen-bond donors (Lipinski definition) is 2. The number of hydrogen-bond acceptors (Lipinski definition) is 7. The number of aromatic hydroxyl groups is 1. The molecule has 2 heterocycles. The minimum absolute atomic E-state index is 0.0374. The Kier molecular flexibility index (Phi) is 5.79. The summed E-state index contributed by atoms with van der Waals surface area (Å²) in [4.78, 5) is 11.4. The first-order valence-electron chi connectivity index (χ1n) is 10.0. The van der Waals surface area contributed by atoms with Crippen LogP contribution in [-0.4, -0.2) is 54.0 Å². The second-order valence-corrected chi connectivity index (χ2v) is 9.51. The second kappa shape index (κ2) is 8.52. The zero-order valence-electron chi connectivity index (χ0n) is 17.5. The molecule has 1 fully saturated rings. The summed E-state index contributed by atoms with van der Waals surface area (Å²) in [5.41, 5.74) is 2.96.